The minimum atomic E-state index is -0.194. The maximum absolute atomic E-state index is 9.54. The fourth-order valence-electron chi connectivity index (χ4n) is 2.82. The van der Waals surface area contributed by atoms with Crippen LogP contribution < -0.4 is 15.4 Å². The molecule has 1 aliphatic heterocycles. The van der Waals surface area contributed by atoms with Crippen LogP contribution in [0.1, 0.15) is 22.6 Å². The summed E-state index contributed by atoms with van der Waals surface area (Å²) in [5.74, 6) is 0.695. The Morgan fingerprint density at radius 2 is 1.83 bits per heavy atom. The molecule has 3 rings (SSSR count). The van der Waals surface area contributed by atoms with Gasteiger partial charge < -0.3 is 15.4 Å². The summed E-state index contributed by atoms with van der Waals surface area (Å²) in [6.45, 7) is 2.04. The van der Waals surface area contributed by atoms with Gasteiger partial charge in [0.2, 0.25) is 5.88 Å². The van der Waals surface area contributed by atoms with Crippen LogP contribution in [0.5, 0.6) is 5.75 Å². The minimum Gasteiger partial charge on any atom is -0.440 e. The van der Waals surface area contributed by atoms with Crippen LogP contribution >= 0.6 is 0 Å². The van der Waals surface area contributed by atoms with Gasteiger partial charge in [0, 0.05) is 31.4 Å². The molecule has 0 aromatic heterocycles. The van der Waals surface area contributed by atoms with Gasteiger partial charge in [-0.15, -0.1) is 0 Å². The Balaban J connectivity index is 2.17. The van der Waals surface area contributed by atoms with Crippen molar-refractivity contribution in [3.05, 3.63) is 70.6 Å². The van der Waals surface area contributed by atoms with E-state index in [1.54, 1.807) is 0 Å². The molecule has 23 heavy (non-hydrogen) atoms. The predicted molar refractivity (Wildman–Crippen MR) is 91.2 cm³/mol. The monoisotopic (exact) mass is 305 g/mol. The topological polar surface area (TPSA) is 62.3 Å². The summed E-state index contributed by atoms with van der Waals surface area (Å²) >= 11 is 0. The van der Waals surface area contributed by atoms with Crippen LogP contribution in [0.25, 0.3) is 0 Å². The molecule has 1 atom stereocenters. The van der Waals surface area contributed by atoms with Crippen LogP contribution in [-0.4, -0.2) is 14.1 Å². The standard InChI is InChI=1S/C19H19N3O/c1-12-4-6-13(7-5-12)18-15-9-8-14(22(2)3)10-17(15)23-19(21)16(18)11-20/h4-10,18H,21H2,1-3H3. The van der Waals surface area contributed by atoms with Crippen LogP contribution in [0.15, 0.2) is 53.9 Å². The average Bonchev–Trinajstić information content (AvgIpc) is 2.53. The quantitative estimate of drug-likeness (QED) is 0.925. The summed E-state index contributed by atoms with van der Waals surface area (Å²) in [5.41, 5.74) is 10.7. The summed E-state index contributed by atoms with van der Waals surface area (Å²) in [6, 6.07) is 16.4. The summed E-state index contributed by atoms with van der Waals surface area (Å²) in [4.78, 5) is 2.00. The van der Waals surface area contributed by atoms with E-state index in [4.69, 9.17) is 10.5 Å². The molecule has 0 aliphatic carbocycles. The van der Waals surface area contributed by atoms with Crippen LogP contribution in [0.2, 0.25) is 0 Å². The van der Waals surface area contributed by atoms with E-state index in [1.165, 1.54) is 5.56 Å². The fourth-order valence-corrected chi connectivity index (χ4v) is 2.82. The highest BCUT2D eigenvalue weighted by Crippen LogP contribution is 2.43. The van der Waals surface area contributed by atoms with E-state index in [-0.39, 0.29) is 11.8 Å². The van der Waals surface area contributed by atoms with E-state index in [9.17, 15) is 5.26 Å². The number of benzene rings is 2. The van der Waals surface area contributed by atoms with Crippen LogP contribution in [-0.2, 0) is 0 Å². The van der Waals surface area contributed by atoms with Gasteiger partial charge in [-0.2, -0.15) is 5.26 Å². The van der Waals surface area contributed by atoms with E-state index < -0.39 is 0 Å². The van der Waals surface area contributed by atoms with Gasteiger partial charge in [0.1, 0.15) is 17.4 Å². The molecule has 0 fully saturated rings. The van der Waals surface area contributed by atoms with Crippen LogP contribution in [0, 0.1) is 18.3 Å². The lowest BCUT2D eigenvalue weighted by molar-refractivity contribution is 0.394. The molecule has 0 saturated carbocycles. The summed E-state index contributed by atoms with van der Waals surface area (Å²) in [7, 11) is 3.95. The molecule has 0 saturated heterocycles. The van der Waals surface area contributed by atoms with Crippen molar-refractivity contribution in [2.24, 2.45) is 5.73 Å². The largest absolute Gasteiger partial charge is 0.440 e. The zero-order valence-electron chi connectivity index (χ0n) is 13.5. The first-order valence-electron chi connectivity index (χ1n) is 7.46. The third kappa shape index (κ3) is 2.62. The molecular weight excluding hydrogens is 286 g/mol. The molecule has 0 amide bonds. The smallest absolute Gasteiger partial charge is 0.205 e. The highest BCUT2D eigenvalue weighted by Gasteiger charge is 2.30. The Morgan fingerprint density at radius 3 is 2.43 bits per heavy atom. The van der Waals surface area contributed by atoms with Crippen molar-refractivity contribution >= 4 is 5.69 Å². The molecule has 1 unspecified atom stereocenters. The number of fused-ring (bicyclic) bond motifs is 1. The first-order valence-corrected chi connectivity index (χ1v) is 7.46. The van der Waals surface area contributed by atoms with Gasteiger partial charge in [-0.3, -0.25) is 0 Å². The van der Waals surface area contributed by atoms with E-state index in [1.807, 2.05) is 68.4 Å². The zero-order chi connectivity index (χ0) is 16.6. The van der Waals surface area contributed by atoms with Gasteiger partial charge in [-0.1, -0.05) is 35.9 Å². The number of ether oxygens (including phenoxy) is 1. The number of nitrogens with two attached hydrogens (primary N) is 1. The Labute approximate surface area is 136 Å². The number of rotatable bonds is 2. The second-order valence-electron chi connectivity index (χ2n) is 5.95. The van der Waals surface area contributed by atoms with Crippen molar-refractivity contribution in [2.75, 3.05) is 19.0 Å². The van der Waals surface area contributed by atoms with E-state index in [2.05, 4.69) is 6.07 Å². The van der Waals surface area contributed by atoms with Crippen molar-refractivity contribution in [3.8, 4) is 11.8 Å². The van der Waals surface area contributed by atoms with Crippen molar-refractivity contribution in [1.82, 2.24) is 0 Å². The van der Waals surface area contributed by atoms with E-state index >= 15 is 0 Å². The molecule has 2 aromatic carbocycles. The molecule has 1 heterocycles. The summed E-state index contributed by atoms with van der Waals surface area (Å²) in [6.07, 6.45) is 0. The molecule has 0 bridgehead atoms. The number of nitriles is 1. The lowest BCUT2D eigenvalue weighted by Crippen LogP contribution is -2.21. The number of hydrogen-bond acceptors (Lipinski definition) is 4. The average molecular weight is 305 g/mol. The second-order valence-corrected chi connectivity index (χ2v) is 5.95. The molecule has 0 spiro atoms. The molecule has 1 aliphatic rings. The minimum absolute atomic E-state index is 0.182. The van der Waals surface area contributed by atoms with E-state index in [0.717, 1.165) is 16.8 Å². The lowest BCUT2D eigenvalue weighted by Gasteiger charge is -2.27. The highest BCUT2D eigenvalue weighted by atomic mass is 16.5. The number of hydrogen-bond donors (Lipinski definition) is 1. The summed E-state index contributed by atoms with van der Waals surface area (Å²) < 4.78 is 5.71. The van der Waals surface area contributed by atoms with Gasteiger partial charge in [0.15, 0.2) is 0 Å². The first kappa shape index (κ1) is 15.0. The van der Waals surface area contributed by atoms with E-state index in [0.29, 0.717) is 11.3 Å². The van der Waals surface area contributed by atoms with Gasteiger partial charge in [-0.05, 0) is 18.6 Å². The molecule has 0 radical (unpaired) electrons. The molecule has 4 nitrogen and oxygen atoms in total. The maximum atomic E-state index is 9.54. The Hall–Kier alpha value is -2.93. The third-order valence-corrected chi connectivity index (χ3v) is 4.13. The van der Waals surface area contributed by atoms with Gasteiger partial charge in [0.25, 0.3) is 0 Å². The third-order valence-electron chi connectivity index (χ3n) is 4.13. The summed E-state index contributed by atoms with van der Waals surface area (Å²) in [5, 5.41) is 9.54. The maximum Gasteiger partial charge on any atom is 0.205 e. The van der Waals surface area contributed by atoms with Crippen LogP contribution in [0.3, 0.4) is 0 Å². The SMILES string of the molecule is Cc1ccc(C2C(C#N)=C(N)Oc3cc(N(C)C)ccc32)cc1. The Bertz CT molecular complexity index is 813. The molecular formula is C19H19N3O. The number of aryl methyl sites for hydroxylation is 1. The van der Waals surface area contributed by atoms with Gasteiger partial charge in [-0.25, -0.2) is 0 Å². The zero-order valence-corrected chi connectivity index (χ0v) is 13.5. The molecule has 2 aromatic rings. The molecule has 2 N–H and O–H groups in total. The van der Waals surface area contributed by atoms with Crippen molar-refractivity contribution in [3.63, 3.8) is 0 Å². The second kappa shape index (κ2) is 5.69. The van der Waals surface area contributed by atoms with Crippen molar-refractivity contribution < 1.29 is 4.74 Å². The number of allylic oxidation sites excluding steroid dienone is 1. The molecule has 4 heteroatoms. The number of anilines is 1. The van der Waals surface area contributed by atoms with Gasteiger partial charge >= 0.3 is 0 Å². The van der Waals surface area contributed by atoms with Crippen molar-refractivity contribution in [1.29, 1.82) is 5.26 Å². The Morgan fingerprint density at radius 1 is 1.13 bits per heavy atom. The molecule has 116 valence electrons. The highest BCUT2D eigenvalue weighted by molar-refractivity contribution is 5.61. The predicted octanol–water partition coefficient (Wildman–Crippen LogP) is 3.28. The fraction of sp³-hybridized carbons (Fsp3) is 0.211. The van der Waals surface area contributed by atoms with Crippen LogP contribution in [0.4, 0.5) is 5.69 Å². The number of nitrogens with zero attached hydrogens (tertiary/aromatic N) is 2. The lowest BCUT2D eigenvalue weighted by atomic mass is 9.83. The first-order chi connectivity index (χ1) is 11.0. The van der Waals surface area contributed by atoms with Crippen molar-refractivity contribution in [2.45, 2.75) is 12.8 Å². The Kier molecular flexibility index (Phi) is 3.71. The normalized spacial score (nSPS) is 16.3. The van der Waals surface area contributed by atoms with Gasteiger partial charge in [0.05, 0.1) is 5.92 Å².